The Balaban J connectivity index is 1.86. The molecule has 9 heteroatoms. The molecule has 1 fully saturated rings. The lowest BCUT2D eigenvalue weighted by Crippen LogP contribution is -2.37. The van der Waals surface area contributed by atoms with Crippen LogP contribution in [-0.2, 0) is 9.84 Å². The van der Waals surface area contributed by atoms with Crippen LogP contribution in [0.2, 0.25) is 0 Å². The van der Waals surface area contributed by atoms with Gasteiger partial charge in [0.2, 0.25) is 0 Å². The van der Waals surface area contributed by atoms with Gasteiger partial charge < -0.3 is 15.7 Å². The van der Waals surface area contributed by atoms with Crippen molar-refractivity contribution >= 4 is 27.5 Å². The zero-order chi connectivity index (χ0) is 15.5. The molecule has 0 saturated carbocycles. The number of pyridine rings is 1. The van der Waals surface area contributed by atoms with E-state index in [9.17, 15) is 18.0 Å². The van der Waals surface area contributed by atoms with Crippen LogP contribution in [0.4, 0.5) is 10.5 Å². The summed E-state index contributed by atoms with van der Waals surface area (Å²) in [7, 11) is -3.09. The van der Waals surface area contributed by atoms with Crippen LogP contribution in [0.3, 0.4) is 0 Å². The number of anilines is 1. The van der Waals surface area contributed by atoms with E-state index in [1.165, 1.54) is 18.3 Å². The Morgan fingerprint density at radius 2 is 2.14 bits per heavy atom. The molecule has 0 aromatic carbocycles. The first-order chi connectivity index (χ1) is 9.88. The molecule has 0 bridgehead atoms. The van der Waals surface area contributed by atoms with Gasteiger partial charge in [0, 0.05) is 6.54 Å². The third kappa shape index (κ3) is 3.91. The van der Waals surface area contributed by atoms with Crippen molar-refractivity contribution in [3.8, 4) is 0 Å². The Hall–Kier alpha value is -2.16. The second-order valence-electron chi connectivity index (χ2n) is 4.70. The van der Waals surface area contributed by atoms with E-state index in [-0.39, 0.29) is 18.0 Å². The Kier molecular flexibility index (Phi) is 4.41. The van der Waals surface area contributed by atoms with Crippen LogP contribution in [0, 0.1) is 0 Å². The smallest absolute Gasteiger partial charge is 0.354 e. The average Bonchev–Trinajstić information content (AvgIpc) is 2.76. The molecule has 1 aromatic rings. The minimum Gasteiger partial charge on any atom is -0.477 e. The number of hydrogen-bond donors (Lipinski definition) is 3. The summed E-state index contributed by atoms with van der Waals surface area (Å²) in [4.78, 5) is 25.9. The van der Waals surface area contributed by atoms with Crippen molar-refractivity contribution in [2.75, 3.05) is 17.6 Å². The first-order valence-electron chi connectivity index (χ1n) is 6.34. The van der Waals surface area contributed by atoms with Gasteiger partial charge in [-0.05, 0) is 25.0 Å². The molecule has 3 N–H and O–H groups in total. The molecule has 2 heterocycles. The maximum absolute atomic E-state index is 11.6. The second-order valence-corrected chi connectivity index (χ2v) is 7.10. The molecule has 114 valence electrons. The molecule has 0 spiro atoms. The summed E-state index contributed by atoms with van der Waals surface area (Å²) >= 11 is 0. The summed E-state index contributed by atoms with van der Waals surface area (Å²) in [5, 5.41) is 13.1. The highest BCUT2D eigenvalue weighted by Gasteiger charge is 2.31. The number of carbonyl (C=O) groups excluding carboxylic acids is 1. The normalized spacial score (nSPS) is 19.9. The van der Waals surface area contributed by atoms with Crippen LogP contribution in [0.25, 0.3) is 0 Å². The predicted octanol–water partition coefficient (Wildman–Crippen LogP) is 0.478. The van der Waals surface area contributed by atoms with Crippen molar-refractivity contribution in [3.05, 3.63) is 24.0 Å². The number of carboxylic acids is 1. The molecule has 1 atom stereocenters. The molecule has 1 aliphatic rings. The summed E-state index contributed by atoms with van der Waals surface area (Å²) < 4.78 is 23.2. The fourth-order valence-electron chi connectivity index (χ4n) is 2.06. The number of nitrogens with one attached hydrogen (secondary N) is 2. The summed E-state index contributed by atoms with van der Waals surface area (Å²) in [5.74, 6) is -0.987. The Labute approximate surface area is 121 Å². The molecule has 21 heavy (non-hydrogen) atoms. The minimum atomic E-state index is -3.09. The molecule has 1 saturated heterocycles. The standard InChI is InChI=1S/C12H15N3O5S/c16-11(17)10-4-3-8(6-13-10)15-12(18)14-7-9-2-1-5-21(9,19)20/h3-4,6,9H,1-2,5,7H2,(H,16,17)(H2,14,15,18). The monoisotopic (exact) mass is 313 g/mol. The molecule has 1 aromatic heterocycles. The number of carbonyl (C=O) groups is 2. The van der Waals surface area contributed by atoms with Gasteiger partial charge in [-0.3, -0.25) is 0 Å². The van der Waals surface area contributed by atoms with E-state index in [0.29, 0.717) is 18.5 Å². The summed E-state index contributed by atoms with van der Waals surface area (Å²) in [6.45, 7) is 0.0643. The van der Waals surface area contributed by atoms with E-state index in [0.717, 1.165) is 0 Å². The van der Waals surface area contributed by atoms with Gasteiger partial charge >= 0.3 is 12.0 Å². The van der Waals surface area contributed by atoms with Gasteiger partial charge in [0.25, 0.3) is 0 Å². The van der Waals surface area contributed by atoms with E-state index >= 15 is 0 Å². The summed E-state index contributed by atoms with van der Waals surface area (Å²) in [6, 6.07) is 2.11. The van der Waals surface area contributed by atoms with Crippen LogP contribution in [0.15, 0.2) is 18.3 Å². The van der Waals surface area contributed by atoms with Gasteiger partial charge in [-0.15, -0.1) is 0 Å². The fraction of sp³-hybridized carbons (Fsp3) is 0.417. The topological polar surface area (TPSA) is 125 Å². The van der Waals surface area contributed by atoms with Gasteiger partial charge in [-0.1, -0.05) is 0 Å². The first-order valence-corrected chi connectivity index (χ1v) is 8.06. The summed E-state index contributed by atoms with van der Waals surface area (Å²) in [6.07, 6.45) is 2.39. The molecule has 2 amide bonds. The van der Waals surface area contributed by atoms with Crippen molar-refractivity contribution < 1.29 is 23.1 Å². The van der Waals surface area contributed by atoms with Gasteiger partial charge in [-0.25, -0.2) is 23.0 Å². The van der Waals surface area contributed by atoms with Gasteiger partial charge in [0.05, 0.1) is 22.9 Å². The summed E-state index contributed by atoms with van der Waals surface area (Å²) in [5.41, 5.74) is 0.199. The van der Waals surface area contributed by atoms with Crippen LogP contribution in [-0.4, -0.2) is 48.1 Å². The number of carboxylic acid groups (broad SMARTS) is 1. The molecule has 8 nitrogen and oxygen atoms in total. The average molecular weight is 313 g/mol. The molecule has 0 aliphatic carbocycles. The van der Waals surface area contributed by atoms with E-state index in [4.69, 9.17) is 5.11 Å². The van der Waals surface area contributed by atoms with Crippen LogP contribution in [0.1, 0.15) is 23.3 Å². The minimum absolute atomic E-state index is 0.0643. The van der Waals surface area contributed by atoms with Crippen LogP contribution >= 0.6 is 0 Å². The number of aromatic nitrogens is 1. The zero-order valence-electron chi connectivity index (χ0n) is 11.1. The molecule has 0 radical (unpaired) electrons. The lowest BCUT2D eigenvalue weighted by atomic mass is 10.2. The number of rotatable bonds is 4. The van der Waals surface area contributed by atoms with E-state index in [1.807, 2.05) is 0 Å². The van der Waals surface area contributed by atoms with Crippen molar-refractivity contribution in [2.45, 2.75) is 18.1 Å². The highest BCUT2D eigenvalue weighted by Crippen LogP contribution is 2.19. The molecular formula is C12H15N3O5S. The fourth-order valence-corrected chi connectivity index (χ4v) is 3.83. The molecule has 1 aliphatic heterocycles. The lowest BCUT2D eigenvalue weighted by molar-refractivity contribution is 0.0690. The molecule has 2 rings (SSSR count). The number of urea groups is 1. The zero-order valence-corrected chi connectivity index (χ0v) is 11.9. The Bertz CT molecular complexity index is 641. The van der Waals surface area contributed by atoms with E-state index in [2.05, 4.69) is 15.6 Å². The number of amides is 2. The van der Waals surface area contributed by atoms with Crippen LogP contribution in [0.5, 0.6) is 0 Å². The SMILES string of the molecule is O=C(NCC1CCCS1(=O)=O)Nc1ccc(C(=O)O)nc1. The van der Waals surface area contributed by atoms with Crippen LogP contribution < -0.4 is 10.6 Å². The quantitative estimate of drug-likeness (QED) is 0.742. The highest BCUT2D eigenvalue weighted by molar-refractivity contribution is 7.92. The Morgan fingerprint density at radius 1 is 1.38 bits per heavy atom. The van der Waals surface area contributed by atoms with Gasteiger partial charge in [-0.2, -0.15) is 0 Å². The number of aromatic carboxylic acids is 1. The highest BCUT2D eigenvalue weighted by atomic mass is 32.2. The van der Waals surface area contributed by atoms with Crippen molar-refractivity contribution in [1.82, 2.24) is 10.3 Å². The first kappa shape index (κ1) is 15.2. The maximum Gasteiger partial charge on any atom is 0.354 e. The molecular weight excluding hydrogens is 298 g/mol. The second kappa shape index (κ2) is 6.08. The predicted molar refractivity (Wildman–Crippen MR) is 75.0 cm³/mol. The largest absolute Gasteiger partial charge is 0.477 e. The van der Waals surface area contributed by atoms with Gasteiger partial charge in [0.1, 0.15) is 5.69 Å². The Morgan fingerprint density at radius 3 is 2.67 bits per heavy atom. The lowest BCUT2D eigenvalue weighted by Gasteiger charge is -2.11. The third-order valence-electron chi connectivity index (χ3n) is 3.19. The maximum atomic E-state index is 11.6. The molecule has 1 unspecified atom stereocenters. The van der Waals surface area contributed by atoms with Gasteiger partial charge in [0.15, 0.2) is 9.84 Å². The van der Waals surface area contributed by atoms with Crippen molar-refractivity contribution in [3.63, 3.8) is 0 Å². The van der Waals surface area contributed by atoms with Crippen molar-refractivity contribution in [2.24, 2.45) is 0 Å². The van der Waals surface area contributed by atoms with E-state index < -0.39 is 27.1 Å². The number of sulfone groups is 1. The number of hydrogen-bond acceptors (Lipinski definition) is 5. The number of nitrogens with zero attached hydrogens (tertiary/aromatic N) is 1. The third-order valence-corrected chi connectivity index (χ3v) is 5.47. The van der Waals surface area contributed by atoms with Crippen molar-refractivity contribution in [1.29, 1.82) is 0 Å². The van der Waals surface area contributed by atoms with E-state index in [1.54, 1.807) is 0 Å².